The van der Waals surface area contributed by atoms with E-state index in [9.17, 15) is 4.79 Å². The number of ether oxygens (including phenoxy) is 2. The van der Waals surface area contributed by atoms with E-state index in [1.54, 1.807) is 17.4 Å². The average Bonchev–Trinajstić information content (AvgIpc) is 3.23. The van der Waals surface area contributed by atoms with Crippen LogP contribution in [0.2, 0.25) is 0 Å². The summed E-state index contributed by atoms with van der Waals surface area (Å²) in [6.45, 7) is 5.38. The third kappa shape index (κ3) is 4.54. The third-order valence-corrected chi connectivity index (χ3v) is 7.47. The van der Waals surface area contributed by atoms with Crippen molar-refractivity contribution in [1.29, 1.82) is 0 Å². The highest BCUT2D eigenvalue weighted by molar-refractivity contribution is 8.00. The van der Waals surface area contributed by atoms with E-state index in [1.165, 1.54) is 30.9 Å². The fraction of sp³-hybridized carbons (Fsp3) is 0.429. The Labute approximate surface area is 188 Å². The quantitative estimate of drug-likeness (QED) is 0.457. The van der Waals surface area contributed by atoms with Crippen LogP contribution in [0.3, 0.4) is 0 Å². The molecule has 1 amide bonds. The molecular formula is C21H23N5O3S2. The second kappa shape index (κ2) is 8.88. The van der Waals surface area contributed by atoms with Crippen LogP contribution >= 0.6 is 23.1 Å². The summed E-state index contributed by atoms with van der Waals surface area (Å²) >= 11 is 3.01. The van der Waals surface area contributed by atoms with Gasteiger partial charge in [-0.25, -0.2) is 9.97 Å². The predicted octanol–water partition coefficient (Wildman–Crippen LogP) is 3.82. The van der Waals surface area contributed by atoms with E-state index < -0.39 is 0 Å². The van der Waals surface area contributed by atoms with Crippen molar-refractivity contribution < 1.29 is 14.3 Å². The number of carbonyl (C=O) groups excluding carboxylic acids is 1. The number of amides is 1. The number of piperidine rings is 1. The molecule has 0 spiro atoms. The number of nitrogens with zero attached hydrogens (tertiary/aromatic N) is 4. The topological polar surface area (TPSA) is 89.5 Å². The standard InChI is InChI=1S/C21H23N5O3S2/c1-13-3-2-6-26(10-13)21-25-19-18(31-21)20(23-12-22-19)30-11-17(27)24-14-4-5-15-16(9-14)29-8-7-28-15/h4-5,9,12-13H,2-3,6-8,10-11H2,1H3,(H,24,27)/t13-/m0/s1. The van der Waals surface area contributed by atoms with Crippen LogP contribution in [-0.2, 0) is 4.79 Å². The van der Waals surface area contributed by atoms with Crippen molar-refractivity contribution in [2.45, 2.75) is 24.8 Å². The lowest BCUT2D eigenvalue weighted by molar-refractivity contribution is -0.113. The van der Waals surface area contributed by atoms with Crippen molar-refractivity contribution in [3.05, 3.63) is 24.5 Å². The van der Waals surface area contributed by atoms with Crippen molar-refractivity contribution in [3.8, 4) is 11.5 Å². The van der Waals surface area contributed by atoms with Gasteiger partial charge in [-0.05, 0) is 30.9 Å². The van der Waals surface area contributed by atoms with Gasteiger partial charge in [0.25, 0.3) is 0 Å². The van der Waals surface area contributed by atoms with E-state index in [1.807, 2.05) is 12.1 Å². The highest BCUT2D eigenvalue weighted by Gasteiger charge is 2.21. The highest BCUT2D eigenvalue weighted by atomic mass is 32.2. The van der Waals surface area contributed by atoms with Crippen molar-refractivity contribution in [2.24, 2.45) is 5.92 Å². The molecule has 31 heavy (non-hydrogen) atoms. The van der Waals surface area contributed by atoms with Gasteiger partial charge in [0.2, 0.25) is 5.91 Å². The van der Waals surface area contributed by atoms with E-state index in [4.69, 9.17) is 14.5 Å². The number of carbonyl (C=O) groups is 1. The molecular weight excluding hydrogens is 434 g/mol. The lowest BCUT2D eigenvalue weighted by Crippen LogP contribution is -2.34. The summed E-state index contributed by atoms with van der Waals surface area (Å²) in [7, 11) is 0. The number of nitrogens with one attached hydrogen (secondary N) is 1. The molecule has 0 unspecified atom stereocenters. The average molecular weight is 458 g/mol. The number of thiazole rings is 1. The van der Waals surface area contributed by atoms with Crippen LogP contribution in [0.15, 0.2) is 29.6 Å². The SMILES string of the molecule is C[C@H]1CCCN(c2nc3ncnc(SCC(=O)Nc4ccc5c(c4)OCCO5)c3s2)C1. The second-order valence-corrected chi connectivity index (χ2v) is 9.66. The third-order valence-electron chi connectivity index (χ3n) is 5.24. The molecule has 10 heteroatoms. The molecule has 162 valence electrons. The molecule has 0 radical (unpaired) electrons. The van der Waals surface area contributed by atoms with Crippen LogP contribution in [0.25, 0.3) is 10.3 Å². The largest absolute Gasteiger partial charge is 0.486 e. The fourth-order valence-electron chi connectivity index (χ4n) is 3.78. The molecule has 2 aliphatic rings. The van der Waals surface area contributed by atoms with Gasteiger partial charge in [0.05, 0.1) is 5.75 Å². The van der Waals surface area contributed by atoms with Gasteiger partial charge in [0.1, 0.15) is 29.3 Å². The minimum atomic E-state index is -0.108. The minimum Gasteiger partial charge on any atom is -0.486 e. The maximum absolute atomic E-state index is 12.5. The molecule has 1 aromatic carbocycles. The van der Waals surface area contributed by atoms with E-state index in [-0.39, 0.29) is 11.7 Å². The Balaban J connectivity index is 1.25. The molecule has 1 saturated heterocycles. The van der Waals surface area contributed by atoms with E-state index >= 15 is 0 Å². The molecule has 0 aliphatic carbocycles. The van der Waals surface area contributed by atoms with Crippen molar-refractivity contribution in [1.82, 2.24) is 15.0 Å². The van der Waals surface area contributed by atoms with E-state index in [2.05, 4.69) is 27.1 Å². The Morgan fingerprint density at radius 2 is 2.16 bits per heavy atom. The molecule has 0 saturated carbocycles. The molecule has 8 nitrogen and oxygen atoms in total. The van der Waals surface area contributed by atoms with Gasteiger partial charge in [0.15, 0.2) is 22.3 Å². The van der Waals surface area contributed by atoms with Crippen LogP contribution in [0, 0.1) is 5.92 Å². The molecule has 4 heterocycles. The normalized spacial score (nSPS) is 18.2. The molecule has 0 bridgehead atoms. The Kier molecular flexibility index (Phi) is 5.82. The van der Waals surface area contributed by atoms with Crippen molar-refractivity contribution in [3.63, 3.8) is 0 Å². The first-order valence-electron chi connectivity index (χ1n) is 10.3. The number of aromatic nitrogens is 3. The zero-order valence-corrected chi connectivity index (χ0v) is 18.8. The number of hydrogen-bond acceptors (Lipinski definition) is 9. The van der Waals surface area contributed by atoms with E-state index in [0.29, 0.717) is 42.0 Å². The Bertz CT molecular complexity index is 1110. The van der Waals surface area contributed by atoms with Gasteiger partial charge in [-0.3, -0.25) is 4.79 Å². The van der Waals surface area contributed by atoms with Gasteiger partial charge >= 0.3 is 0 Å². The Hall–Kier alpha value is -2.59. The molecule has 3 aromatic rings. The summed E-state index contributed by atoms with van der Waals surface area (Å²) in [5.41, 5.74) is 1.38. The number of benzene rings is 1. The summed E-state index contributed by atoms with van der Waals surface area (Å²) in [5, 5.41) is 4.69. The predicted molar refractivity (Wildman–Crippen MR) is 123 cm³/mol. The Morgan fingerprint density at radius 1 is 1.29 bits per heavy atom. The zero-order valence-electron chi connectivity index (χ0n) is 17.2. The first-order chi connectivity index (χ1) is 15.2. The van der Waals surface area contributed by atoms with Gasteiger partial charge in [0, 0.05) is 24.8 Å². The lowest BCUT2D eigenvalue weighted by atomic mass is 10.0. The van der Waals surface area contributed by atoms with Crippen molar-refractivity contribution in [2.75, 3.05) is 42.3 Å². The van der Waals surface area contributed by atoms with E-state index in [0.717, 1.165) is 27.9 Å². The Morgan fingerprint density at radius 3 is 3.03 bits per heavy atom. The summed E-state index contributed by atoms with van der Waals surface area (Å²) in [6.07, 6.45) is 3.97. The molecule has 1 atom stereocenters. The van der Waals surface area contributed by atoms with Gasteiger partial charge < -0.3 is 19.7 Å². The maximum Gasteiger partial charge on any atom is 0.234 e. The molecule has 5 rings (SSSR count). The van der Waals surface area contributed by atoms with Gasteiger partial charge in [-0.15, -0.1) is 0 Å². The number of rotatable bonds is 5. The van der Waals surface area contributed by atoms with Crippen molar-refractivity contribution >= 4 is 50.2 Å². The smallest absolute Gasteiger partial charge is 0.234 e. The summed E-state index contributed by atoms with van der Waals surface area (Å²) in [4.78, 5) is 28.3. The monoisotopic (exact) mass is 457 g/mol. The lowest BCUT2D eigenvalue weighted by Gasteiger charge is -2.30. The number of anilines is 2. The van der Waals surface area contributed by atoms with Gasteiger partial charge in [-0.1, -0.05) is 30.0 Å². The number of fused-ring (bicyclic) bond motifs is 2. The molecule has 2 aromatic heterocycles. The fourth-order valence-corrected chi connectivity index (χ4v) is 5.70. The first-order valence-corrected chi connectivity index (χ1v) is 12.1. The second-order valence-electron chi connectivity index (χ2n) is 7.72. The van der Waals surface area contributed by atoms with Crippen LogP contribution in [0.1, 0.15) is 19.8 Å². The highest BCUT2D eigenvalue weighted by Crippen LogP contribution is 2.36. The van der Waals surface area contributed by atoms with Crippen LogP contribution in [-0.4, -0.2) is 52.9 Å². The van der Waals surface area contributed by atoms with Crippen LogP contribution in [0.4, 0.5) is 10.8 Å². The number of hydrogen-bond donors (Lipinski definition) is 1. The zero-order chi connectivity index (χ0) is 21.2. The van der Waals surface area contributed by atoms with Gasteiger partial charge in [-0.2, -0.15) is 4.98 Å². The molecule has 1 N–H and O–H groups in total. The summed E-state index contributed by atoms with van der Waals surface area (Å²) in [6, 6.07) is 5.41. The molecule has 1 fully saturated rings. The summed E-state index contributed by atoms with van der Waals surface area (Å²) in [5.74, 6) is 2.16. The molecule has 2 aliphatic heterocycles. The summed E-state index contributed by atoms with van der Waals surface area (Å²) < 4.78 is 12.0. The minimum absolute atomic E-state index is 0.108. The number of thioether (sulfide) groups is 1. The van der Waals surface area contributed by atoms with Crippen LogP contribution < -0.4 is 19.7 Å². The van der Waals surface area contributed by atoms with Crippen LogP contribution in [0.5, 0.6) is 11.5 Å². The maximum atomic E-state index is 12.5. The first kappa shape index (κ1) is 20.3.